The summed E-state index contributed by atoms with van der Waals surface area (Å²) in [7, 11) is 1.61. The van der Waals surface area contributed by atoms with E-state index >= 15 is 0 Å². The molecule has 0 atom stereocenters. The average molecular weight is 447 g/mol. The molecule has 1 fully saturated rings. The van der Waals surface area contributed by atoms with Gasteiger partial charge in [0.15, 0.2) is 0 Å². The molecule has 33 heavy (non-hydrogen) atoms. The Morgan fingerprint density at radius 3 is 2.12 bits per heavy atom. The minimum absolute atomic E-state index is 0.0963. The van der Waals surface area contributed by atoms with Crippen LogP contribution in [0.1, 0.15) is 31.1 Å². The highest BCUT2D eigenvalue weighted by atomic mass is 16.5. The average Bonchev–Trinajstić information content (AvgIpc) is 3.28. The molecule has 1 aliphatic rings. The predicted molar refractivity (Wildman–Crippen MR) is 127 cm³/mol. The van der Waals surface area contributed by atoms with Crippen molar-refractivity contribution in [2.24, 2.45) is 5.41 Å². The van der Waals surface area contributed by atoms with Crippen LogP contribution in [0.3, 0.4) is 0 Å². The van der Waals surface area contributed by atoms with Gasteiger partial charge in [0.2, 0.25) is 5.91 Å². The fourth-order valence-electron chi connectivity index (χ4n) is 4.04. The van der Waals surface area contributed by atoms with Gasteiger partial charge < -0.3 is 14.5 Å². The summed E-state index contributed by atoms with van der Waals surface area (Å²) in [4.78, 5) is 29.9. The Morgan fingerprint density at radius 2 is 1.48 bits per heavy atom. The van der Waals surface area contributed by atoms with Crippen LogP contribution >= 0.6 is 0 Å². The minimum atomic E-state index is -0.431. The first-order valence-corrected chi connectivity index (χ1v) is 11.2. The van der Waals surface area contributed by atoms with Crippen LogP contribution in [-0.2, 0) is 4.79 Å². The van der Waals surface area contributed by atoms with Crippen LogP contribution in [0.2, 0.25) is 0 Å². The normalized spacial score (nSPS) is 14.3. The third-order valence-corrected chi connectivity index (χ3v) is 5.82. The molecule has 2 aromatic carbocycles. The summed E-state index contributed by atoms with van der Waals surface area (Å²) in [5.41, 5.74) is 2.29. The van der Waals surface area contributed by atoms with E-state index in [9.17, 15) is 9.59 Å². The van der Waals surface area contributed by atoms with E-state index in [0.29, 0.717) is 43.2 Å². The second-order valence-corrected chi connectivity index (χ2v) is 9.21. The van der Waals surface area contributed by atoms with E-state index in [2.05, 4.69) is 0 Å². The maximum atomic E-state index is 13.6. The quantitative estimate of drug-likeness (QED) is 0.610. The molecule has 7 heteroatoms. The van der Waals surface area contributed by atoms with Gasteiger partial charge in [0, 0.05) is 43.4 Å². The number of benzene rings is 2. The van der Waals surface area contributed by atoms with E-state index in [4.69, 9.17) is 9.84 Å². The number of rotatable bonds is 4. The van der Waals surface area contributed by atoms with Crippen molar-refractivity contribution < 1.29 is 14.3 Å². The molecule has 0 spiro atoms. The zero-order valence-electron chi connectivity index (χ0n) is 19.6. The zero-order valence-corrected chi connectivity index (χ0v) is 19.6. The highest BCUT2D eigenvalue weighted by molar-refractivity contribution is 6.00. The van der Waals surface area contributed by atoms with Gasteiger partial charge in [-0.1, -0.05) is 51.1 Å². The largest absolute Gasteiger partial charge is 0.496 e. The van der Waals surface area contributed by atoms with Crippen LogP contribution in [-0.4, -0.2) is 64.7 Å². The van der Waals surface area contributed by atoms with Gasteiger partial charge in [0.05, 0.1) is 18.4 Å². The molecule has 0 bridgehead atoms. The fourth-order valence-corrected chi connectivity index (χ4v) is 4.04. The first-order valence-electron chi connectivity index (χ1n) is 11.2. The second-order valence-electron chi connectivity index (χ2n) is 9.21. The fraction of sp³-hybridized carbons (Fsp3) is 0.346. The monoisotopic (exact) mass is 446 g/mol. The lowest BCUT2D eigenvalue weighted by Crippen LogP contribution is -2.53. The SMILES string of the molecule is COc1ccccc1-c1nn(-c2ccccc2)cc1C(=O)N1CCN(C(=O)C(C)(C)C)CC1. The number of para-hydroxylation sites is 2. The Balaban J connectivity index is 1.66. The molecule has 0 saturated carbocycles. The molecular formula is C26H30N4O3. The Hall–Kier alpha value is -3.61. The van der Waals surface area contributed by atoms with Crippen LogP contribution in [0, 0.1) is 5.41 Å². The lowest BCUT2D eigenvalue weighted by atomic mass is 9.94. The molecule has 2 heterocycles. The maximum absolute atomic E-state index is 13.6. The van der Waals surface area contributed by atoms with Gasteiger partial charge in [-0.05, 0) is 24.3 Å². The number of hydrogen-bond donors (Lipinski definition) is 0. The number of carbonyl (C=O) groups is 2. The summed E-state index contributed by atoms with van der Waals surface area (Å²) < 4.78 is 7.28. The minimum Gasteiger partial charge on any atom is -0.496 e. The highest BCUT2D eigenvalue weighted by Gasteiger charge is 2.32. The van der Waals surface area contributed by atoms with Gasteiger partial charge in [-0.2, -0.15) is 5.10 Å². The number of nitrogens with zero attached hydrogens (tertiary/aromatic N) is 4. The third-order valence-electron chi connectivity index (χ3n) is 5.82. The molecule has 0 aliphatic carbocycles. The Bertz CT molecular complexity index is 1140. The van der Waals surface area contributed by atoms with Crippen molar-refractivity contribution in [2.45, 2.75) is 20.8 Å². The molecule has 1 aliphatic heterocycles. The highest BCUT2D eigenvalue weighted by Crippen LogP contribution is 2.32. The van der Waals surface area contributed by atoms with Crippen molar-refractivity contribution in [1.29, 1.82) is 0 Å². The van der Waals surface area contributed by atoms with Gasteiger partial charge in [0.1, 0.15) is 11.4 Å². The molecule has 0 unspecified atom stereocenters. The van der Waals surface area contributed by atoms with E-state index in [1.165, 1.54) is 0 Å². The first-order chi connectivity index (χ1) is 15.8. The lowest BCUT2D eigenvalue weighted by molar-refractivity contribution is -0.140. The van der Waals surface area contributed by atoms with Gasteiger partial charge in [0.25, 0.3) is 5.91 Å². The van der Waals surface area contributed by atoms with Crippen LogP contribution in [0.15, 0.2) is 60.8 Å². The number of piperazine rings is 1. The smallest absolute Gasteiger partial charge is 0.257 e. The molecule has 4 rings (SSSR count). The van der Waals surface area contributed by atoms with Gasteiger partial charge in [-0.3, -0.25) is 9.59 Å². The molecule has 3 aromatic rings. The number of amides is 2. The number of hydrogen-bond acceptors (Lipinski definition) is 4. The first kappa shape index (κ1) is 22.6. The Morgan fingerprint density at radius 1 is 0.879 bits per heavy atom. The maximum Gasteiger partial charge on any atom is 0.257 e. The van der Waals surface area contributed by atoms with E-state index < -0.39 is 5.41 Å². The van der Waals surface area contributed by atoms with Crippen molar-refractivity contribution in [3.8, 4) is 22.7 Å². The van der Waals surface area contributed by atoms with Gasteiger partial charge >= 0.3 is 0 Å². The number of ether oxygens (including phenoxy) is 1. The molecule has 1 aromatic heterocycles. The van der Waals surface area contributed by atoms with Crippen LogP contribution in [0.4, 0.5) is 0 Å². The standard InChI is InChI=1S/C26H30N4O3/c1-26(2,3)25(32)29-16-14-28(15-17-29)24(31)21-18-30(19-10-6-5-7-11-19)27-23(21)20-12-8-9-13-22(20)33-4/h5-13,18H,14-17H2,1-4H3. The molecule has 1 saturated heterocycles. The predicted octanol–water partition coefficient (Wildman–Crippen LogP) is 3.88. The Kier molecular flexibility index (Phi) is 6.22. The van der Waals surface area contributed by atoms with E-state index in [1.807, 2.05) is 80.3 Å². The second kappa shape index (κ2) is 9.10. The van der Waals surface area contributed by atoms with E-state index in [-0.39, 0.29) is 11.8 Å². The van der Waals surface area contributed by atoms with Crippen molar-refractivity contribution in [2.75, 3.05) is 33.3 Å². The summed E-state index contributed by atoms with van der Waals surface area (Å²) >= 11 is 0. The number of aromatic nitrogens is 2. The summed E-state index contributed by atoms with van der Waals surface area (Å²) in [5.74, 6) is 0.674. The van der Waals surface area contributed by atoms with Crippen molar-refractivity contribution in [3.63, 3.8) is 0 Å². The lowest BCUT2D eigenvalue weighted by Gasteiger charge is -2.37. The van der Waals surface area contributed by atoms with E-state index in [1.54, 1.807) is 22.9 Å². The van der Waals surface area contributed by atoms with E-state index in [0.717, 1.165) is 11.3 Å². The van der Waals surface area contributed by atoms with Crippen LogP contribution in [0.5, 0.6) is 5.75 Å². The Labute approximate surface area is 194 Å². The van der Waals surface area contributed by atoms with Crippen molar-refractivity contribution in [3.05, 3.63) is 66.4 Å². The van der Waals surface area contributed by atoms with Gasteiger partial charge in [-0.25, -0.2) is 4.68 Å². The van der Waals surface area contributed by atoms with Gasteiger partial charge in [-0.15, -0.1) is 0 Å². The molecule has 2 amide bonds. The summed E-state index contributed by atoms with van der Waals surface area (Å²) in [5, 5.41) is 4.78. The summed E-state index contributed by atoms with van der Waals surface area (Å²) in [6.07, 6.45) is 1.78. The number of methoxy groups -OCH3 is 1. The molecule has 172 valence electrons. The molecular weight excluding hydrogens is 416 g/mol. The van der Waals surface area contributed by atoms with Crippen LogP contribution < -0.4 is 4.74 Å². The molecule has 0 N–H and O–H groups in total. The molecule has 0 radical (unpaired) electrons. The number of carbonyl (C=O) groups excluding carboxylic acids is 2. The third kappa shape index (κ3) is 4.62. The van der Waals surface area contributed by atoms with Crippen LogP contribution in [0.25, 0.3) is 16.9 Å². The molecule has 7 nitrogen and oxygen atoms in total. The van der Waals surface area contributed by atoms with Crippen molar-refractivity contribution >= 4 is 11.8 Å². The zero-order chi connectivity index (χ0) is 23.6. The summed E-state index contributed by atoms with van der Waals surface area (Å²) in [6, 6.07) is 17.3. The topological polar surface area (TPSA) is 67.7 Å². The summed E-state index contributed by atoms with van der Waals surface area (Å²) in [6.45, 7) is 7.79. The van der Waals surface area contributed by atoms with Crippen molar-refractivity contribution in [1.82, 2.24) is 19.6 Å².